The number of hydrogen-bond acceptors (Lipinski definition) is 6. The second-order valence-corrected chi connectivity index (χ2v) is 8.68. The van der Waals surface area contributed by atoms with Crippen LogP contribution >= 0.6 is 0 Å². The van der Waals surface area contributed by atoms with Crippen LogP contribution in [0.1, 0.15) is 23.9 Å². The summed E-state index contributed by atoms with van der Waals surface area (Å²) < 4.78 is 19.1. The molecule has 1 N–H and O–H groups in total. The Labute approximate surface area is 205 Å². The summed E-state index contributed by atoms with van der Waals surface area (Å²) in [7, 11) is 1.63. The number of hydrogen-bond donors (Lipinski definition) is 1. The van der Waals surface area contributed by atoms with Crippen molar-refractivity contribution in [3.8, 4) is 23.1 Å². The monoisotopic (exact) mass is 473 g/mol. The van der Waals surface area contributed by atoms with Gasteiger partial charge in [0, 0.05) is 13.1 Å². The maximum absolute atomic E-state index is 10.8. The molecule has 0 aliphatic carbocycles. The van der Waals surface area contributed by atoms with Crippen molar-refractivity contribution in [1.29, 1.82) is 0 Å². The third kappa shape index (κ3) is 6.01. The number of para-hydroxylation sites is 1. The minimum Gasteiger partial charge on any atom is -0.497 e. The van der Waals surface area contributed by atoms with Crippen LogP contribution in [0.4, 0.5) is 0 Å². The Balaban J connectivity index is 1.73. The van der Waals surface area contributed by atoms with Crippen molar-refractivity contribution in [1.82, 2.24) is 14.7 Å². The van der Waals surface area contributed by atoms with Crippen LogP contribution in [0.3, 0.4) is 0 Å². The smallest absolute Gasteiger partial charge is 0.227 e. The van der Waals surface area contributed by atoms with E-state index in [4.69, 9.17) is 19.0 Å². The van der Waals surface area contributed by atoms with E-state index >= 15 is 0 Å². The number of ether oxygens (including phenoxy) is 2. The van der Waals surface area contributed by atoms with Crippen LogP contribution in [0, 0.1) is 6.92 Å². The van der Waals surface area contributed by atoms with E-state index in [2.05, 4.69) is 11.5 Å². The van der Waals surface area contributed by atoms with Crippen molar-refractivity contribution < 1.29 is 19.0 Å². The summed E-state index contributed by atoms with van der Waals surface area (Å²) in [4.78, 5) is 2.10. The molecule has 4 rings (SSSR count). The van der Waals surface area contributed by atoms with Crippen LogP contribution in [0.15, 0.2) is 90.1 Å². The molecule has 0 bridgehead atoms. The first-order chi connectivity index (χ1) is 16.9. The number of benzene rings is 2. The second-order valence-electron chi connectivity index (χ2n) is 8.68. The average molecular weight is 474 g/mol. The summed E-state index contributed by atoms with van der Waals surface area (Å²) in [5.41, 5.74) is 1.56. The molecular weight excluding hydrogens is 442 g/mol. The van der Waals surface area contributed by atoms with E-state index in [9.17, 15) is 5.11 Å². The first kappa shape index (κ1) is 24.3. The van der Waals surface area contributed by atoms with Gasteiger partial charge in [0.05, 0.1) is 42.5 Å². The van der Waals surface area contributed by atoms with Gasteiger partial charge in [0.1, 0.15) is 17.3 Å². The lowest BCUT2D eigenvalue weighted by Crippen LogP contribution is -2.38. The van der Waals surface area contributed by atoms with Crippen LogP contribution in [-0.4, -0.2) is 39.0 Å². The van der Waals surface area contributed by atoms with Crippen molar-refractivity contribution in [2.75, 3.05) is 13.7 Å². The molecule has 0 fully saturated rings. The quantitative estimate of drug-likeness (QED) is 0.290. The number of aliphatic hydroxyl groups is 1. The maximum Gasteiger partial charge on any atom is 0.227 e. The topological polar surface area (TPSA) is 72.9 Å². The number of aryl methyl sites for hydroxylation is 1. The average Bonchev–Trinajstić information content (AvgIpc) is 3.48. The highest BCUT2D eigenvalue weighted by Crippen LogP contribution is 2.33. The number of furan rings is 1. The molecule has 0 aliphatic rings. The van der Waals surface area contributed by atoms with Crippen LogP contribution in [-0.2, 0) is 13.1 Å². The van der Waals surface area contributed by atoms with E-state index in [0.29, 0.717) is 31.3 Å². The standard InChI is InChI=1S/C28H31N3O4/c1-5-28(3,32)20-30(18-25-12-9-17-34-25)19-26-21(2)29-31(22-10-7-6-8-11-22)27(26)35-24-15-13-23(33-4)14-16-24/h5-17,32H,1,18-20H2,2-4H3. The summed E-state index contributed by atoms with van der Waals surface area (Å²) in [5.74, 6) is 2.83. The SMILES string of the molecule is C=CC(C)(O)CN(Cc1ccco1)Cc1c(C)nn(-c2ccccc2)c1Oc1ccc(OC)cc1. The zero-order valence-corrected chi connectivity index (χ0v) is 20.3. The molecule has 7 nitrogen and oxygen atoms in total. The molecule has 0 saturated carbocycles. The zero-order chi connectivity index (χ0) is 24.8. The largest absolute Gasteiger partial charge is 0.497 e. The van der Waals surface area contributed by atoms with Gasteiger partial charge in [-0.3, -0.25) is 4.90 Å². The minimum absolute atomic E-state index is 0.356. The third-order valence-corrected chi connectivity index (χ3v) is 5.74. The zero-order valence-electron chi connectivity index (χ0n) is 20.3. The van der Waals surface area contributed by atoms with Crippen LogP contribution in [0.25, 0.3) is 5.69 Å². The first-order valence-corrected chi connectivity index (χ1v) is 11.4. The number of aromatic nitrogens is 2. The van der Waals surface area contributed by atoms with Gasteiger partial charge in [-0.05, 0) is 62.4 Å². The van der Waals surface area contributed by atoms with Gasteiger partial charge in [0.25, 0.3) is 0 Å². The summed E-state index contributed by atoms with van der Waals surface area (Å²) in [5, 5.41) is 15.6. The van der Waals surface area contributed by atoms with Crippen molar-refractivity contribution in [2.24, 2.45) is 0 Å². The van der Waals surface area contributed by atoms with E-state index in [0.717, 1.165) is 28.5 Å². The molecule has 0 amide bonds. The molecular formula is C28H31N3O4. The summed E-state index contributed by atoms with van der Waals surface area (Å²) in [6.07, 6.45) is 3.20. The molecule has 182 valence electrons. The molecule has 2 aromatic heterocycles. The fourth-order valence-corrected chi connectivity index (χ4v) is 3.86. The van der Waals surface area contributed by atoms with Gasteiger partial charge >= 0.3 is 0 Å². The number of rotatable bonds is 11. The van der Waals surface area contributed by atoms with Crippen molar-refractivity contribution in [3.63, 3.8) is 0 Å². The molecule has 0 radical (unpaired) electrons. The molecule has 2 aromatic carbocycles. The van der Waals surface area contributed by atoms with Gasteiger partial charge in [-0.25, -0.2) is 4.68 Å². The summed E-state index contributed by atoms with van der Waals surface area (Å²) in [6.45, 7) is 8.84. The van der Waals surface area contributed by atoms with E-state index in [1.807, 2.05) is 78.3 Å². The highest BCUT2D eigenvalue weighted by molar-refractivity contribution is 5.44. The molecule has 1 unspecified atom stereocenters. The number of methoxy groups -OCH3 is 1. The van der Waals surface area contributed by atoms with E-state index in [1.165, 1.54) is 0 Å². The Bertz CT molecular complexity index is 1230. The lowest BCUT2D eigenvalue weighted by Gasteiger charge is -2.29. The van der Waals surface area contributed by atoms with E-state index < -0.39 is 5.60 Å². The molecule has 0 saturated heterocycles. The van der Waals surface area contributed by atoms with Crippen LogP contribution in [0.2, 0.25) is 0 Å². The van der Waals surface area contributed by atoms with Crippen molar-refractivity contribution in [3.05, 3.63) is 103 Å². The normalized spacial score (nSPS) is 12.9. The van der Waals surface area contributed by atoms with E-state index in [-0.39, 0.29) is 0 Å². The number of nitrogens with zero attached hydrogens (tertiary/aromatic N) is 3. The van der Waals surface area contributed by atoms with Crippen LogP contribution < -0.4 is 9.47 Å². The Morgan fingerprint density at radius 2 is 1.77 bits per heavy atom. The summed E-state index contributed by atoms with van der Waals surface area (Å²) >= 11 is 0. The first-order valence-electron chi connectivity index (χ1n) is 11.4. The lowest BCUT2D eigenvalue weighted by atomic mass is 10.1. The van der Waals surface area contributed by atoms with Crippen LogP contribution in [0.5, 0.6) is 17.4 Å². The fourth-order valence-electron chi connectivity index (χ4n) is 3.86. The van der Waals surface area contributed by atoms with Gasteiger partial charge in [-0.1, -0.05) is 24.3 Å². The van der Waals surface area contributed by atoms with Crippen molar-refractivity contribution >= 4 is 0 Å². The molecule has 35 heavy (non-hydrogen) atoms. The maximum atomic E-state index is 10.8. The van der Waals surface area contributed by atoms with Crippen molar-refractivity contribution in [2.45, 2.75) is 32.5 Å². The van der Waals surface area contributed by atoms with Gasteiger partial charge in [-0.2, -0.15) is 5.10 Å². The van der Waals surface area contributed by atoms with Gasteiger partial charge in [-0.15, -0.1) is 6.58 Å². The summed E-state index contributed by atoms with van der Waals surface area (Å²) in [6, 6.07) is 21.1. The third-order valence-electron chi connectivity index (χ3n) is 5.74. The molecule has 4 aromatic rings. The van der Waals surface area contributed by atoms with Gasteiger partial charge in [0.15, 0.2) is 0 Å². The molecule has 7 heteroatoms. The Morgan fingerprint density at radius 1 is 1.06 bits per heavy atom. The molecule has 0 spiro atoms. The second kappa shape index (κ2) is 10.6. The lowest BCUT2D eigenvalue weighted by molar-refractivity contribution is 0.0525. The highest BCUT2D eigenvalue weighted by atomic mass is 16.5. The predicted octanol–water partition coefficient (Wildman–Crippen LogP) is 5.51. The molecule has 2 heterocycles. The molecule has 0 aliphatic heterocycles. The molecule has 1 atom stereocenters. The highest BCUT2D eigenvalue weighted by Gasteiger charge is 2.26. The minimum atomic E-state index is -1.08. The van der Waals surface area contributed by atoms with Gasteiger partial charge < -0.3 is 19.0 Å². The van der Waals surface area contributed by atoms with E-state index in [1.54, 1.807) is 26.4 Å². The Hall–Kier alpha value is -3.81. The Morgan fingerprint density at radius 3 is 2.40 bits per heavy atom. The predicted molar refractivity (Wildman–Crippen MR) is 135 cm³/mol. The Kier molecular flexibility index (Phi) is 7.39. The fraction of sp³-hybridized carbons (Fsp3) is 0.250. The van der Waals surface area contributed by atoms with Gasteiger partial charge in [0.2, 0.25) is 5.88 Å².